The number of aryl methyl sites for hydroxylation is 1. The van der Waals surface area contributed by atoms with Crippen molar-refractivity contribution in [1.82, 2.24) is 24.1 Å². The van der Waals surface area contributed by atoms with Gasteiger partial charge in [-0.25, -0.2) is 14.3 Å². The van der Waals surface area contributed by atoms with Crippen LogP contribution in [0, 0.1) is 6.92 Å². The Labute approximate surface area is 131 Å². The van der Waals surface area contributed by atoms with Crippen molar-refractivity contribution in [2.75, 3.05) is 11.9 Å². The highest BCUT2D eigenvalue weighted by Crippen LogP contribution is 2.14. The fourth-order valence-electron chi connectivity index (χ4n) is 2.80. The highest BCUT2D eigenvalue weighted by Gasteiger charge is 2.07. The van der Waals surface area contributed by atoms with E-state index in [2.05, 4.69) is 20.4 Å². The van der Waals surface area contributed by atoms with Crippen molar-refractivity contribution in [2.24, 2.45) is 0 Å². The highest BCUT2D eigenvalue weighted by atomic mass is 16.1. The molecule has 0 radical (unpaired) electrons. The number of aromatic amines is 1. The van der Waals surface area contributed by atoms with E-state index in [4.69, 9.17) is 0 Å². The molecule has 4 aromatic rings. The Bertz CT molecular complexity index is 1040. The van der Waals surface area contributed by atoms with Crippen molar-refractivity contribution in [1.29, 1.82) is 0 Å². The third kappa shape index (κ3) is 2.36. The van der Waals surface area contributed by atoms with Crippen LogP contribution in [-0.4, -0.2) is 30.7 Å². The second-order valence-corrected chi connectivity index (χ2v) is 5.42. The Balaban J connectivity index is 1.57. The van der Waals surface area contributed by atoms with Gasteiger partial charge in [-0.2, -0.15) is 5.10 Å². The number of imidazole rings is 1. The summed E-state index contributed by atoms with van der Waals surface area (Å²) in [5.74, 6) is 0.765. The molecule has 3 heterocycles. The number of aromatic nitrogens is 5. The van der Waals surface area contributed by atoms with Gasteiger partial charge >= 0.3 is 5.69 Å². The van der Waals surface area contributed by atoms with Gasteiger partial charge in [0.15, 0.2) is 5.82 Å². The Hall–Kier alpha value is -3.09. The average Bonchev–Trinajstić information content (AvgIpc) is 3.07. The van der Waals surface area contributed by atoms with Crippen LogP contribution in [0.15, 0.2) is 47.5 Å². The van der Waals surface area contributed by atoms with Crippen molar-refractivity contribution in [3.05, 3.63) is 58.9 Å². The molecule has 23 heavy (non-hydrogen) atoms. The number of hydrogen-bond donors (Lipinski definition) is 2. The minimum absolute atomic E-state index is 0.0978. The smallest absolute Gasteiger partial charge is 0.326 e. The molecule has 7 heteroatoms. The van der Waals surface area contributed by atoms with E-state index in [1.54, 1.807) is 15.3 Å². The van der Waals surface area contributed by atoms with Gasteiger partial charge in [0, 0.05) is 25.5 Å². The van der Waals surface area contributed by atoms with Gasteiger partial charge in [0.1, 0.15) is 5.52 Å². The van der Waals surface area contributed by atoms with Gasteiger partial charge < -0.3 is 10.3 Å². The molecule has 2 N–H and O–H groups in total. The SMILES string of the molecule is Cc1cc2c(NCCn3c(=O)[nH]c4ccccc43)nccn2n1. The summed E-state index contributed by atoms with van der Waals surface area (Å²) in [4.78, 5) is 19.3. The molecule has 3 aromatic heterocycles. The number of hydrogen-bond acceptors (Lipinski definition) is 4. The summed E-state index contributed by atoms with van der Waals surface area (Å²) in [6.07, 6.45) is 3.53. The molecule has 0 bridgehead atoms. The topological polar surface area (TPSA) is 80.0 Å². The summed E-state index contributed by atoms with van der Waals surface area (Å²) >= 11 is 0. The largest absolute Gasteiger partial charge is 0.366 e. The second-order valence-electron chi connectivity index (χ2n) is 5.42. The summed E-state index contributed by atoms with van der Waals surface area (Å²) in [6.45, 7) is 3.10. The summed E-state index contributed by atoms with van der Waals surface area (Å²) in [5, 5.41) is 7.65. The van der Waals surface area contributed by atoms with Crippen LogP contribution < -0.4 is 11.0 Å². The summed E-state index contributed by atoms with van der Waals surface area (Å²) in [6, 6.07) is 9.65. The molecule has 0 spiro atoms. The number of nitrogens with one attached hydrogen (secondary N) is 2. The lowest BCUT2D eigenvalue weighted by molar-refractivity contribution is 0.719. The first-order chi connectivity index (χ1) is 11.2. The molecule has 0 aliphatic rings. The van der Waals surface area contributed by atoms with Crippen molar-refractivity contribution >= 4 is 22.4 Å². The van der Waals surface area contributed by atoms with E-state index >= 15 is 0 Å². The van der Waals surface area contributed by atoms with E-state index in [0.29, 0.717) is 13.1 Å². The normalized spacial score (nSPS) is 11.3. The summed E-state index contributed by atoms with van der Waals surface area (Å²) < 4.78 is 3.52. The maximum absolute atomic E-state index is 12.0. The van der Waals surface area contributed by atoms with Gasteiger partial charge in [-0.05, 0) is 25.1 Å². The minimum atomic E-state index is -0.0978. The van der Waals surface area contributed by atoms with Gasteiger partial charge in [-0.1, -0.05) is 12.1 Å². The fraction of sp³-hybridized carbons (Fsp3) is 0.188. The van der Waals surface area contributed by atoms with Crippen LogP contribution in [-0.2, 0) is 6.54 Å². The molecule has 0 fully saturated rings. The molecule has 1 aromatic carbocycles. The molecule has 0 saturated carbocycles. The lowest BCUT2D eigenvalue weighted by atomic mass is 10.3. The number of anilines is 1. The summed E-state index contributed by atoms with van der Waals surface area (Å²) in [7, 11) is 0. The molecule has 0 atom stereocenters. The third-order valence-electron chi connectivity index (χ3n) is 3.82. The van der Waals surface area contributed by atoms with Gasteiger partial charge in [-0.15, -0.1) is 0 Å². The third-order valence-corrected chi connectivity index (χ3v) is 3.82. The molecule has 0 unspecified atom stereocenters. The van der Waals surface area contributed by atoms with Gasteiger partial charge in [0.2, 0.25) is 0 Å². The maximum Gasteiger partial charge on any atom is 0.326 e. The van der Waals surface area contributed by atoms with Crippen LogP contribution in [0.1, 0.15) is 5.69 Å². The predicted molar refractivity (Wildman–Crippen MR) is 88.8 cm³/mol. The fourth-order valence-corrected chi connectivity index (χ4v) is 2.80. The number of para-hydroxylation sites is 2. The van der Waals surface area contributed by atoms with Crippen LogP contribution in [0.25, 0.3) is 16.6 Å². The van der Waals surface area contributed by atoms with Gasteiger partial charge in [-0.3, -0.25) is 4.57 Å². The molecule has 0 aliphatic carbocycles. The van der Waals surface area contributed by atoms with E-state index in [0.717, 1.165) is 28.1 Å². The Morgan fingerprint density at radius 3 is 3.04 bits per heavy atom. The van der Waals surface area contributed by atoms with Crippen molar-refractivity contribution in [3.8, 4) is 0 Å². The standard InChI is InChI=1S/C16H16N6O/c1-11-10-14-15(18-7-9-22(14)20-11)17-6-8-21-13-5-3-2-4-12(13)19-16(21)23/h2-5,7,9-10H,6,8H2,1H3,(H,17,18)(H,19,23). The van der Waals surface area contributed by atoms with Crippen LogP contribution in [0.5, 0.6) is 0 Å². The van der Waals surface area contributed by atoms with Crippen LogP contribution in [0.2, 0.25) is 0 Å². The molecule has 4 rings (SSSR count). The number of H-pyrrole nitrogens is 1. The van der Waals surface area contributed by atoms with Crippen molar-refractivity contribution in [3.63, 3.8) is 0 Å². The van der Waals surface area contributed by atoms with Crippen molar-refractivity contribution < 1.29 is 0 Å². The predicted octanol–water partition coefficient (Wildman–Crippen LogP) is 1.79. The second kappa shape index (κ2) is 5.28. The van der Waals surface area contributed by atoms with Gasteiger partial charge in [0.25, 0.3) is 0 Å². The first kappa shape index (κ1) is 13.6. The van der Waals surface area contributed by atoms with E-state index < -0.39 is 0 Å². The lowest BCUT2D eigenvalue weighted by Gasteiger charge is -2.07. The molecule has 0 amide bonds. The highest BCUT2D eigenvalue weighted by molar-refractivity contribution is 5.75. The monoisotopic (exact) mass is 308 g/mol. The lowest BCUT2D eigenvalue weighted by Crippen LogP contribution is -2.21. The average molecular weight is 308 g/mol. The van der Waals surface area contributed by atoms with Crippen LogP contribution in [0.4, 0.5) is 5.82 Å². The Morgan fingerprint density at radius 1 is 1.26 bits per heavy atom. The summed E-state index contributed by atoms with van der Waals surface area (Å²) in [5.41, 5.74) is 3.53. The molecule has 0 aliphatic heterocycles. The molecular formula is C16H16N6O. The molecule has 7 nitrogen and oxygen atoms in total. The van der Waals surface area contributed by atoms with Crippen LogP contribution in [0.3, 0.4) is 0 Å². The number of fused-ring (bicyclic) bond motifs is 2. The van der Waals surface area contributed by atoms with Gasteiger partial charge in [0.05, 0.1) is 16.7 Å². The molecule has 116 valence electrons. The molecular weight excluding hydrogens is 292 g/mol. The minimum Gasteiger partial charge on any atom is -0.366 e. The van der Waals surface area contributed by atoms with E-state index in [-0.39, 0.29) is 5.69 Å². The van der Waals surface area contributed by atoms with E-state index in [1.165, 1.54) is 0 Å². The number of benzene rings is 1. The maximum atomic E-state index is 12.0. The number of nitrogens with zero attached hydrogens (tertiary/aromatic N) is 4. The first-order valence-electron chi connectivity index (χ1n) is 7.45. The molecule has 0 saturated heterocycles. The number of rotatable bonds is 4. The van der Waals surface area contributed by atoms with E-state index in [9.17, 15) is 4.79 Å². The zero-order chi connectivity index (χ0) is 15.8. The van der Waals surface area contributed by atoms with Crippen molar-refractivity contribution in [2.45, 2.75) is 13.5 Å². The van der Waals surface area contributed by atoms with E-state index in [1.807, 2.05) is 43.5 Å². The van der Waals surface area contributed by atoms with Crippen LogP contribution >= 0.6 is 0 Å². The Kier molecular flexibility index (Phi) is 3.11. The Morgan fingerprint density at radius 2 is 2.13 bits per heavy atom. The quantitative estimate of drug-likeness (QED) is 0.602. The zero-order valence-corrected chi connectivity index (χ0v) is 12.7. The first-order valence-corrected chi connectivity index (χ1v) is 7.45. The zero-order valence-electron chi connectivity index (χ0n) is 12.7.